The lowest BCUT2D eigenvalue weighted by atomic mass is 9.90. The number of hydrogen-bond acceptors (Lipinski definition) is 6. The van der Waals surface area contributed by atoms with E-state index in [-0.39, 0.29) is 29.1 Å². The zero-order valence-electron chi connectivity index (χ0n) is 20.0. The first kappa shape index (κ1) is 22.1. The molecule has 0 aliphatic carbocycles. The lowest BCUT2D eigenvalue weighted by molar-refractivity contribution is 0.0504. The van der Waals surface area contributed by atoms with Gasteiger partial charge in [0.25, 0.3) is 5.91 Å². The van der Waals surface area contributed by atoms with Crippen LogP contribution in [0, 0.1) is 16.7 Å². The van der Waals surface area contributed by atoms with Crippen molar-refractivity contribution in [1.29, 1.82) is 5.26 Å². The maximum Gasteiger partial charge on any atom is 0.330 e. The Hall–Kier alpha value is -3.67. The molecule has 2 atom stereocenters. The van der Waals surface area contributed by atoms with E-state index < -0.39 is 0 Å². The Morgan fingerprint density at radius 3 is 2.53 bits per heavy atom. The van der Waals surface area contributed by atoms with Crippen LogP contribution >= 0.6 is 0 Å². The molecule has 3 aliphatic heterocycles. The number of pyridine rings is 2. The summed E-state index contributed by atoms with van der Waals surface area (Å²) >= 11 is 0. The molecule has 3 fully saturated rings. The first-order valence-electron chi connectivity index (χ1n) is 11.7. The number of aryl methyl sites for hydroxylation is 1. The maximum absolute atomic E-state index is 13.1. The van der Waals surface area contributed by atoms with Gasteiger partial charge in [-0.3, -0.25) is 13.9 Å². The zero-order valence-corrected chi connectivity index (χ0v) is 20.0. The fraction of sp³-hybridized carbons (Fsp3) is 0.480. The van der Waals surface area contributed by atoms with Crippen LogP contribution in [-0.4, -0.2) is 55.1 Å². The maximum atomic E-state index is 13.1. The minimum atomic E-state index is -0.0532. The summed E-state index contributed by atoms with van der Waals surface area (Å²) in [5.74, 6) is 0.800. The van der Waals surface area contributed by atoms with Gasteiger partial charge in [-0.1, -0.05) is 20.8 Å². The number of anilines is 1. The van der Waals surface area contributed by atoms with Gasteiger partial charge in [0.1, 0.15) is 17.6 Å². The van der Waals surface area contributed by atoms with E-state index in [0.29, 0.717) is 36.5 Å². The van der Waals surface area contributed by atoms with Crippen molar-refractivity contribution < 1.29 is 4.79 Å². The molecule has 9 heteroatoms. The second kappa shape index (κ2) is 7.97. The normalized spacial score (nSPS) is 20.1. The average Bonchev–Trinajstić information content (AvgIpc) is 3.07. The number of nitrogens with zero attached hydrogens (tertiary/aromatic N) is 7. The number of carbonyl (C=O) groups excluding carboxylic acids is 1. The van der Waals surface area contributed by atoms with Gasteiger partial charge in [-0.05, 0) is 42.5 Å². The number of rotatable bonds is 3. The van der Waals surface area contributed by atoms with Crippen molar-refractivity contribution in [3.05, 3.63) is 52.2 Å². The zero-order chi connectivity index (χ0) is 24.2. The molecule has 3 saturated heterocycles. The molecular weight excluding hydrogens is 430 g/mol. The fourth-order valence-electron chi connectivity index (χ4n) is 5.16. The molecule has 1 amide bonds. The highest BCUT2D eigenvalue weighted by Gasteiger charge is 2.42. The second-order valence-electron chi connectivity index (χ2n) is 10.5. The number of hydrogen-bond donors (Lipinski definition) is 0. The molecule has 0 aromatic carbocycles. The van der Waals surface area contributed by atoms with Crippen molar-refractivity contribution in [1.82, 2.24) is 24.0 Å². The summed E-state index contributed by atoms with van der Waals surface area (Å²) < 4.78 is 3.43. The molecule has 0 saturated carbocycles. The van der Waals surface area contributed by atoms with E-state index >= 15 is 0 Å². The Kier molecular flexibility index (Phi) is 5.19. The minimum Gasteiger partial charge on any atom is -0.350 e. The fourth-order valence-corrected chi connectivity index (χ4v) is 5.16. The monoisotopic (exact) mass is 459 g/mol. The third kappa shape index (κ3) is 3.73. The molecule has 3 aliphatic rings. The third-order valence-electron chi connectivity index (χ3n) is 6.81. The second-order valence-corrected chi connectivity index (χ2v) is 10.5. The van der Waals surface area contributed by atoms with E-state index in [0.717, 1.165) is 24.2 Å². The van der Waals surface area contributed by atoms with Gasteiger partial charge in [0.05, 0.1) is 11.1 Å². The Balaban J connectivity index is 1.40. The summed E-state index contributed by atoms with van der Waals surface area (Å²) in [5, 5.41) is 8.95. The van der Waals surface area contributed by atoms with Gasteiger partial charge in [-0.2, -0.15) is 5.26 Å². The van der Waals surface area contributed by atoms with E-state index in [1.165, 1.54) is 6.20 Å². The number of piperidine rings is 2. The van der Waals surface area contributed by atoms with Gasteiger partial charge in [0.2, 0.25) is 0 Å². The highest BCUT2D eigenvalue weighted by molar-refractivity contribution is 5.94. The number of imidazole rings is 1. The summed E-state index contributed by atoms with van der Waals surface area (Å²) in [4.78, 5) is 39.2. The van der Waals surface area contributed by atoms with Crippen molar-refractivity contribution in [3.8, 4) is 6.07 Å². The number of carbonyl (C=O) groups is 1. The number of nitriles is 1. The summed E-state index contributed by atoms with van der Waals surface area (Å²) in [6.45, 7) is 8.30. The van der Waals surface area contributed by atoms with Crippen LogP contribution in [0.2, 0.25) is 0 Å². The van der Waals surface area contributed by atoms with Crippen LogP contribution in [0.15, 0.2) is 35.3 Å². The van der Waals surface area contributed by atoms with Crippen molar-refractivity contribution in [2.24, 2.45) is 12.5 Å². The standard InChI is InChI=1S/C25H29N7O2/c1-25(2,3)15-32-20-9-10-21(28-22(20)29(4)24(32)34)30-13-19-8-7-18(30)14-31(19)23(33)16-5-6-17(11-26)27-12-16/h5-6,9-10,12,18-19H,7-8,13-15H2,1-4H3. The smallest absolute Gasteiger partial charge is 0.330 e. The van der Waals surface area contributed by atoms with Gasteiger partial charge >= 0.3 is 5.69 Å². The number of piperazine rings is 1. The molecular formula is C25H29N7O2. The van der Waals surface area contributed by atoms with Gasteiger partial charge in [0, 0.05) is 45.0 Å². The molecule has 0 spiro atoms. The van der Waals surface area contributed by atoms with Gasteiger partial charge in [-0.15, -0.1) is 0 Å². The Morgan fingerprint density at radius 1 is 1.15 bits per heavy atom. The molecule has 0 radical (unpaired) electrons. The van der Waals surface area contributed by atoms with Gasteiger partial charge in [-0.25, -0.2) is 14.8 Å². The Bertz CT molecular complexity index is 1360. The lowest BCUT2D eigenvalue weighted by Gasteiger charge is -2.52. The lowest BCUT2D eigenvalue weighted by Crippen LogP contribution is -2.64. The van der Waals surface area contributed by atoms with Crippen LogP contribution < -0.4 is 10.6 Å². The molecule has 2 bridgehead atoms. The number of amides is 1. The van der Waals surface area contributed by atoms with Crippen molar-refractivity contribution in [2.45, 2.75) is 52.2 Å². The Labute approximate surface area is 198 Å². The first-order chi connectivity index (χ1) is 16.2. The SMILES string of the molecule is Cn1c(=O)n(CC(C)(C)C)c2ccc(N3CC4CCC3CN4C(=O)c3ccc(C#N)nc3)nc21. The van der Waals surface area contributed by atoms with Crippen LogP contribution in [0.4, 0.5) is 5.82 Å². The Morgan fingerprint density at radius 2 is 1.91 bits per heavy atom. The summed E-state index contributed by atoms with van der Waals surface area (Å²) in [6.07, 6.45) is 3.42. The molecule has 2 unspecified atom stereocenters. The topological polar surface area (TPSA) is 100 Å². The van der Waals surface area contributed by atoms with E-state index in [2.05, 4.69) is 30.7 Å². The van der Waals surface area contributed by atoms with E-state index in [9.17, 15) is 9.59 Å². The van der Waals surface area contributed by atoms with Gasteiger partial charge in [0.15, 0.2) is 5.65 Å². The number of fused-ring (bicyclic) bond motifs is 4. The predicted octanol–water partition coefficient (Wildman–Crippen LogP) is 2.54. The molecule has 34 heavy (non-hydrogen) atoms. The summed E-state index contributed by atoms with van der Waals surface area (Å²) in [6, 6.07) is 9.48. The molecule has 3 aromatic heterocycles. The molecule has 6 heterocycles. The van der Waals surface area contributed by atoms with Crippen molar-refractivity contribution >= 4 is 22.9 Å². The van der Waals surface area contributed by atoms with Crippen LogP contribution in [0.1, 0.15) is 49.7 Å². The van der Waals surface area contributed by atoms with Crippen molar-refractivity contribution in [3.63, 3.8) is 0 Å². The van der Waals surface area contributed by atoms with Crippen LogP contribution in [0.3, 0.4) is 0 Å². The summed E-state index contributed by atoms with van der Waals surface area (Å²) in [5.41, 5.74) is 2.26. The largest absolute Gasteiger partial charge is 0.350 e. The van der Waals surface area contributed by atoms with Crippen molar-refractivity contribution in [2.75, 3.05) is 18.0 Å². The van der Waals surface area contributed by atoms with Gasteiger partial charge < -0.3 is 9.80 Å². The number of aromatic nitrogens is 4. The van der Waals surface area contributed by atoms with Crippen LogP contribution in [0.25, 0.3) is 11.2 Å². The minimum absolute atomic E-state index is 0.0246. The average molecular weight is 460 g/mol. The molecule has 176 valence electrons. The molecule has 3 aromatic rings. The molecule has 0 N–H and O–H groups in total. The highest BCUT2D eigenvalue weighted by Crippen LogP contribution is 2.33. The first-order valence-corrected chi connectivity index (χ1v) is 11.7. The van der Waals surface area contributed by atoms with E-state index in [1.54, 1.807) is 28.3 Å². The molecule has 6 rings (SSSR count). The van der Waals surface area contributed by atoms with E-state index in [4.69, 9.17) is 10.2 Å². The van der Waals surface area contributed by atoms with E-state index in [1.807, 2.05) is 23.1 Å². The highest BCUT2D eigenvalue weighted by atomic mass is 16.2. The molecule has 9 nitrogen and oxygen atoms in total. The van der Waals surface area contributed by atoms with Crippen LogP contribution in [0.5, 0.6) is 0 Å². The van der Waals surface area contributed by atoms with Crippen LogP contribution in [-0.2, 0) is 13.6 Å². The predicted molar refractivity (Wildman–Crippen MR) is 129 cm³/mol. The quantitative estimate of drug-likeness (QED) is 0.597. The third-order valence-corrected chi connectivity index (χ3v) is 6.81. The summed E-state index contributed by atoms with van der Waals surface area (Å²) in [7, 11) is 1.77.